The van der Waals surface area contributed by atoms with Crippen molar-refractivity contribution in [1.82, 2.24) is 4.98 Å². The van der Waals surface area contributed by atoms with E-state index in [-0.39, 0.29) is 5.91 Å². The summed E-state index contributed by atoms with van der Waals surface area (Å²) in [5.41, 5.74) is 1.86. The van der Waals surface area contributed by atoms with Crippen LogP contribution >= 0.6 is 11.3 Å². The summed E-state index contributed by atoms with van der Waals surface area (Å²) in [6, 6.07) is 15.6. The molecule has 3 rings (SSSR count). The van der Waals surface area contributed by atoms with Crippen molar-refractivity contribution in [3.8, 4) is 5.75 Å². The molecule has 0 spiro atoms. The number of methoxy groups -OCH3 is 2. The predicted molar refractivity (Wildman–Crippen MR) is 111 cm³/mol. The summed E-state index contributed by atoms with van der Waals surface area (Å²) in [6.07, 6.45) is -0.597. The van der Waals surface area contributed by atoms with Gasteiger partial charge in [-0.25, -0.2) is 4.98 Å². The number of hydrogen-bond acceptors (Lipinski definition) is 6. The van der Waals surface area contributed by atoms with Crippen molar-refractivity contribution in [2.45, 2.75) is 19.6 Å². The Kier molecular flexibility index (Phi) is 6.97. The largest absolute Gasteiger partial charge is 0.497 e. The highest BCUT2D eigenvalue weighted by Crippen LogP contribution is 2.32. The smallest absolute Gasteiger partial charge is 0.257 e. The van der Waals surface area contributed by atoms with Crippen molar-refractivity contribution in [1.29, 1.82) is 0 Å². The van der Waals surface area contributed by atoms with Crippen LogP contribution in [-0.2, 0) is 20.8 Å². The molecule has 6 nitrogen and oxygen atoms in total. The first-order valence-electron chi connectivity index (χ1n) is 9.02. The number of rotatable bonds is 9. The van der Waals surface area contributed by atoms with Gasteiger partial charge >= 0.3 is 0 Å². The zero-order chi connectivity index (χ0) is 19.9. The van der Waals surface area contributed by atoms with Crippen LogP contribution in [0.5, 0.6) is 5.75 Å². The molecule has 7 heteroatoms. The van der Waals surface area contributed by atoms with Gasteiger partial charge < -0.3 is 14.2 Å². The van der Waals surface area contributed by atoms with Gasteiger partial charge in [-0.05, 0) is 30.7 Å². The van der Waals surface area contributed by atoms with Crippen LogP contribution in [0.1, 0.15) is 12.5 Å². The zero-order valence-electron chi connectivity index (χ0n) is 16.3. The van der Waals surface area contributed by atoms with E-state index >= 15 is 0 Å². The fraction of sp³-hybridized carbons (Fsp3) is 0.333. The van der Waals surface area contributed by atoms with E-state index in [0.717, 1.165) is 21.5 Å². The standard InChI is InChI=1S/C21H24N2O4S/c1-15(27-12-11-25-2)20(24)23(14-16-7-5-4-6-8-16)21-22-18-10-9-17(26-3)13-19(18)28-21/h4-10,13,15H,11-12,14H2,1-3H3. The van der Waals surface area contributed by atoms with Crippen molar-refractivity contribution in [2.24, 2.45) is 0 Å². The maximum atomic E-state index is 13.1. The molecule has 148 valence electrons. The van der Waals surface area contributed by atoms with Gasteiger partial charge in [0.15, 0.2) is 5.13 Å². The van der Waals surface area contributed by atoms with E-state index in [1.165, 1.54) is 11.3 Å². The summed E-state index contributed by atoms with van der Waals surface area (Å²) in [7, 11) is 3.24. The number of amides is 1. The first-order valence-corrected chi connectivity index (χ1v) is 9.84. The maximum absolute atomic E-state index is 13.1. The van der Waals surface area contributed by atoms with Gasteiger partial charge in [-0.1, -0.05) is 41.7 Å². The minimum atomic E-state index is -0.597. The number of carbonyl (C=O) groups excluding carboxylic acids is 1. The highest BCUT2D eigenvalue weighted by atomic mass is 32.1. The number of carbonyl (C=O) groups is 1. The lowest BCUT2D eigenvalue weighted by atomic mass is 10.2. The topological polar surface area (TPSA) is 60.9 Å². The van der Waals surface area contributed by atoms with Gasteiger partial charge in [0, 0.05) is 7.11 Å². The fourth-order valence-electron chi connectivity index (χ4n) is 2.74. The van der Waals surface area contributed by atoms with Gasteiger partial charge in [-0.3, -0.25) is 9.69 Å². The van der Waals surface area contributed by atoms with Crippen LogP contribution < -0.4 is 9.64 Å². The highest BCUT2D eigenvalue weighted by Gasteiger charge is 2.25. The molecular weight excluding hydrogens is 376 g/mol. The number of benzene rings is 2. The summed E-state index contributed by atoms with van der Waals surface area (Å²) in [4.78, 5) is 19.5. The van der Waals surface area contributed by atoms with Crippen LogP contribution in [0.2, 0.25) is 0 Å². The van der Waals surface area contributed by atoms with Crippen LogP contribution in [0, 0.1) is 0 Å². The third-order valence-corrected chi connectivity index (χ3v) is 5.31. The Hall–Kier alpha value is -2.48. The molecular formula is C21H24N2O4S. The van der Waals surface area contributed by atoms with Crippen molar-refractivity contribution < 1.29 is 19.0 Å². The van der Waals surface area contributed by atoms with E-state index in [1.54, 1.807) is 26.0 Å². The van der Waals surface area contributed by atoms with E-state index in [1.807, 2.05) is 48.5 Å². The third-order valence-electron chi connectivity index (χ3n) is 4.27. The molecule has 1 heterocycles. The Balaban J connectivity index is 1.90. The Bertz CT molecular complexity index is 913. The Morgan fingerprint density at radius 1 is 1.14 bits per heavy atom. The van der Waals surface area contributed by atoms with Gasteiger partial charge in [0.05, 0.1) is 37.1 Å². The maximum Gasteiger partial charge on any atom is 0.257 e. The molecule has 1 aromatic heterocycles. The van der Waals surface area contributed by atoms with Gasteiger partial charge in [-0.2, -0.15) is 0 Å². The summed E-state index contributed by atoms with van der Waals surface area (Å²) < 4.78 is 16.9. The minimum absolute atomic E-state index is 0.133. The first-order chi connectivity index (χ1) is 13.6. The Morgan fingerprint density at radius 2 is 1.93 bits per heavy atom. The monoisotopic (exact) mass is 400 g/mol. The molecule has 0 fully saturated rings. The molecule has 0 radical (unpaired) electrons. The van der Waals surface area contributed by atoms with E-state index < -0.39 is 6.10 Å². The van der Waals surface area contributed by atoms with E-state index in [9.17, 15) is 4.79 Å². The lowest BCUT2D eigenvalue weighted by molar-refractivity contribution is -0.129. The number of anilines is 1. The molecule has 0 saturated heterocycles. The molecule has 3 aromatic rings. The number of ether oxygens (including phenoxy) is 3. The normalized spacial score (nSPS) is 12.1. The number of fused-ring (bicyclic) bond motifs is 1. The molecule has 0 N–H and O–H groups in total. The molecule has 1 amide bonds. The quantitative estimate of drug-likeness (QED) is 0.510. The Morgan fingerprint density at radius 3 is 2.64 bits per heavy atom. The molecule has 0 bridgehead atoms. The zero-order valence-corrected chi connectivity index (χ0v) is 17.1. The molecule has 0 saturated carbocycles. The van der Waals surface area contributed by atoms with Crippen LogP contribution in [0.15, 0.2) is 48.5 Å². The van der Waals surface area contributed by atoms with Gasteiger partial charge in [0.25, 0.3) is 5.91 Å². The van der Waals surface area contributed by atoms with E-state index in [4.69, 9.17) is 14.2 Å². The number of nitrogens with zero attached hydrogens (tertiary/aromatic N) is 2. The second kappa shape index (κ2) is 9.64. The summed E-state index contributed by atoms with van der Waals surface area (Å²) in [5.74, 6) is 0.630. The average molecular weight is 401 g/mol. The first kappa shape index (κ1) is 20.3. The van der Waals surface area contributed by atoms with Crippen LogP contribution in [0.25, 0.3) is 10.2 Å². The number of aromatic nitrogens is 1. The fourth-order valence-corrected chi connectivity index (χ4v) is 3.74. The van der Waals surface area contributed by atoms with Gasteiger partial charge in [-0.15, -0.1) is 0 Å². The summed E-state index contributed by atoms with van der Waals surface area (Å²) >= 11 is 1.46. The molecule has 0 aliphatic carbocycles. The van der Waals surface area contributed by atoms with E-state index in [2.05, 4.69) is 4.98 Å². The molecule has 2 aromatic carbocycles. The van der Waals surface area contributed by atoms with Gasteiger partial charge in [0.2, 0.25) is 0 Å². The van der Waals surface area contributed by atoms with Crippen molar-refractivity contribution in [3.63, 3.8) is 0 Å². The molecule has 0 aliphatic rings. The summed E-state index contributed by atoms with van der Waals surface area (Å²) in [5, 5.41) is 0.638. The second-order valence-corrected chi connectivity index (χ2v) is 7.25. The Labute approximate surface area is 168 Å². The van der Waals surface area contributed by atoms with Crippen molar-refractivity contribution >= 4 is 32.6 Å². The third kappa shape index (κ3) is 4.86. The molecule has 1 unspecified atom stereocenters. The molecule has 1 atom stereocenters. The van der Waals surface area contributed by atoms with E-state index in [0.29, 0.717) is 24.9 Å². The average Bonchev–Trinajstić information content (AvgIpc) is 3.15. The minimum Gasteiger partial charge on any atom is -0.497 e. The lowest BCUT2D eigenvalue weighted by Gasteiger charge is -2.23. The molecule has 28 heavy (non-hydrogen) atoms. The van der Waals surface area contributed by atoms with Crippen LogP contribution in [0.4, 0.5) is 5.13 Å². The number of thiazole rings is 1. The lowest BCUT2D eigenvalue weighted by Crippen LogP contribution is -2.39. The SMILES string of the molecule is COCCOC(C)C(=O)N(Cc1ccccc1)c1nc2ccc(OC)cc2s1. The van der Waals surface area contributed by atoms with Crippen molar-refractivity contribution in [3.05, 3.63) is 54.1 Å². The highest BCUT2D eigenvalue weighted by molar-refractivity contribution is 7.22. The number of hydrogen-bond donors (Lipinski definition) is 0. The molecule has 0 aliphatic heterocycles. The van der Waals surface area contributed by atoms with Gasteiger partial charge in [0.1, 0.15) is 11.9 Å². The predicted octanol–water partition coefficient (Wildman–Crippen LogP) is 3.89. The second-order valence-electron chi connectivity index (χ2n) is 6.25. The van der Waals surface area contributed by atoms with Crippen molar-refractivity contribution in [2.75, 3.05) is 32.3 Å². The van der Waals surface area contributed by atoms with Crippen LogP contribution in [0.3, 0.4) is 0 Å². The van der Waals surface area contributed by atoms with Crippen LogP contribution in [-0.4, -0.2) is 44.4 Å². The summed E-state index contributed by atoms with van der Waals surface area (Å²) in [6.45, 7) is 2.98.